The number of hydrogen-bond donors (Lipinski definition) is 0. The average Bonchev–Trinajstić information content (AvgIpc) is 2.31. The molecule has 0 radical (unpaired) electrons. The van der Waals surface area contributed by atoms with Gasteiger partial charge in [-0.25, -0.2) is 9.18 Å². The standard InChI is InChI=1S/C12H11F3O2/c1-2-17-11(16)12(14,15)10(8-13)9-6-4-3-5-7-9/h3-8H,2H2,1H3. The van der Waals surface area contributed by atoms with Gasteiger partial charge in [-0.1, -0.05) is 30.3 Å². The van der Waals surface area contributed by atoms with E-state index in [2.05, 4.69) is 4.74 Å². The van der Waals surface area contributed by atoms with Crippen molar-refractivity contribution >= 4 is 11.5 Å². The monoisotopic (exact) mass is 244 g/mol. The van der Waals surface area contributed by atoms with Crippen molar-refractivity contribution in [2.24, 2.45) is 0 Å². The highest BCUT2D eigenvalue weighted by Gasteiger charge is 2.45. The van der Waals surface area contributed by atoms with Crippen LogP contribution in [0.25, 0.3) is 5.57 Å². The maximum atomic E-state index is 13.6. The van der Waals surface area contributed by atoms with Crippen molar-refractivity contribution in [3.63, 3.8) is 0 Å². The molecule has 0 spiro atoms. The summed E-state index contributed by atoms with van der Waals surface area (Å²) in [6.45, 7) is 1.21. The van der Waals surface area contributed by atoms with Crippen LogP contribution in [0.4, 0.5) is 13.2 Å². The molecule has 0 bridgehead atoms. The molecule has 2 nitrogen and oxygen atoms in total. The van der Waals surface area contributed by atoms with E-state index in [0.717, 1.165) is 0 Å². The van der Waals surface area contributed by atoms with Crippen molar-refractivity contribution in [1.29, 1.82) is 0 Å². The summed E-state index contributed by atoms with van der Waals surface area (Å²) >= 11 is 0. The van der Waals surface area contributed by atoms with Crippen molar-refractivity contribution in [1.82, 2.24) is 0 Å². The molecular weight excluding hydrogens is 233 g/mol. The van der Waals surface area contributed by atoms with Crippen molar-refractivity contribution in [3.05, 3.63) is 42.2 Å². The molecule has 0 aliphatic rings. The molecule has 0 saturated heterocycles. The molecule has 0 amide bonds. The Morgan fingerprint density at radius 1 is 1.35 bits per heavy atom. The molecule has 17 heavy (non-hydrogen) atoms. The van der Waals surface area contributed by atoms with Gasteiger partial charge in [0.25, 0.3) is 0 Å². The van der Waals surface area contributed by atoms with Crippen LogP contribution in [0, 0.1) is 0 Å². The van der Waals surface area contributed by atoms with Gasteiger partial charge in [0.05, 0.1) is 18.5 Å². The molecule has 0 atom stereocenters. The Balaban J connectivity index is 3.08. The van der Waals surface area contributed by atoms with Gasteiger partial charge in [-0.15, -0.1) is 0 Å². The minimum absolute atomic E-state index is 0.0620. The topological polar surface area (TPSA) is 26.3 Å². The lowest BCUT2D eigenvalue weighted by molar-refractivity contribution is -0.163. The molecule has 92 valence electrons. The van der Waals surface area contributed by atoms with E-state index in [9.17, 15) is 18.0 Å². The second-order valence-electron chi connectivity index (χ2n) is 3.18. The summed E-state index contributed by atoms with van der Waals surface area (Å²) in [6, 6.07) is 7.12. The Labute approximate surface area is 96.7 Å². The lowest BCUT2D eigenvalue weighted by Crippen LogP contribution is -2.32. The summed E-state index contributed by atoms with van der Waals surface area (Å²) in [4.78, 5) is 11.1. The van der Waals surface area contributed by atoms with Gasteiger partial charge in [-0.05, 0) is 12.5 Å². The van der Waals surface area contributed by atoms with Gasteiger partial charge >= 0.3 is 11.9 Å². The zero-order chi connectivity index (χ0) is 12.9. The van der Waals surface area contributed by atoms with Gasteiger partial charge in [0.2, 0.25) is 0 Å². The second kappa shape index (κ2) is 5.52. The number of carbonyl (C=O) groups excluding carboxylic acids is 1. The lowest BCUT2D eigenvalue weighted by atomic mass is 10.0. The van der Waals surface area contributed by atoms with Crippen LogP contribution in [-0.4, -0.2) is 18.5 Å². The van der Waals surface area contributed by atoms with Crippen LogP contribution in [0.3, 0.4) is 0 Å². The van der Waals surface area contributed by atoms with Gasteiger partial charge in [0, 0.05) is 0 Å². The zero-order valence-electron chi connectivity index (χ0n) is 9.12. The molecule has 1 aromatic rings. The average molecular weight is 244 g/mol. The maximum absolute atomic E-state index is 13.6. The van der Waals surface area contributed by atoms with Crippen LogP contribution in [0.15, 0.2) is 36.7 Å². The van der Waals surface area contributed by atoms with E-state index in [1.165, 1.54) is 31.2 Å². The lowest BCUT2D eigenvalue weighted by Gasteiger charge is -2.17. The minimum Gasteiger partial charge on any atom is -0.461 e. The first kappa shape index (κ1) is 13.3. The van der Waals surface area contributed by atoms with Gasteiger partial charge < -0.3 is 4.74 Å². The molecule has 0 aliphatic carbocycles. The molecule has 0 aromatic heterocycles. The smallest absolute Gasteiger partial charge is 0.382 e. The molecule has 0 N–H and O–H groups in total. The highest BCUT2D eigenvalue weighted by Crippen LogP contribution is 2.33. The van der Waals surface area contributed by atoms with Gasteiger partial charge in [-0.2, -0.15) is 8.78 Å². The number of halogens is 3. The summed E-state index contributed by atoms with van der Waals surface area (Å²) < 4.78 is 43.9. The molecule has 0 saturated carbocycles. The van der Waals surface area contributed by atoms with E-state index in [0.29, 0.717) is 0 Å². The normalized spacial score (nSPS) is 12.4. The number of esters is 1. The van der Waals surface area contributed by atoms with Crippen LogP contribution >= 0.6 is 0 Å². The fraction of sp³-hybridized carbons (Fsp3) is 0.250. The summed E-state index contributed by atoms with van der Waals surface area (Å²) in [5.41, 5.74) is -1.07. The number of benzene rings is 1. The van der Waals surface area contributed by atoms with Crippen molar-refractivity contribution in [2.45, 2.75) is 12.8 Å². The summed E-state index contributed by atoms with van der Waals surface area (Å²) in [7, 11) is 0. The van der Waals surface area contributed by atoms with E-state index >= 15 is 0 Å². The van der Waals surface area contributed by atoms with Gasteiger partial charge in [0.15, 0.2) is 0 Å². The quantitative estimate of drug-likeness (QED) is 0.760. The van der Waals surface area contributed by atoms with Gasteiger partial charge in [0.1, 0.15) is 0 Å². The Kier molecular flexibility index (Phi) is 4.31. The van der Waals surface area contributed by atoms with Crippen LogP contribution in [0.5, 0.6) is 0 Å². The summed E-state index contributed by atoms with van der Waals surface area (Å²) in [5.74, 6) is -5.75. The molecule has 0 aliphatic heterocycles. The van der Waals surface area contributed by atoms with E-state index in [1.807, 2.05) is 0 Å². The molecule has 1 rings (SSSR count). The molecule has 5 heteroatoms. The number of ether oxygens (including phenoxy) is 1. The molecule has 1 aromatic carbocycles. The fourth-order valence-electron chi connectivity index (χ4n) is 1.26. The molecular formula is C12H11F3O2. The summed E-state index contributed by atoms with van der Waals surface area (Å²) in [6.07, 6.45) is -0.272. The van der Waals surface area contributed by atoms with E-state index in [-0.39, 0.29) is 18.5 Å². The predicted molar refractivity (Wildman–Crippen MR) is 57.1 cm³/mol. The predicted octanol–water partition coefficient (Wildman–Crippen LogP) is 3.20. The third kappa shape index (κ3) is 2.87. The number of carbonyl (C=O) groups is 1. The third-order valence-corrected chi connectivity index (χ3v) is 2.06. The van der Waals surface area contributed by atoms with E-state index in [4.69, 9.17) is 0 Å². The van der Waals surface area contributed by atoms with Crippen LogP contribution in [-0.2, 0) is 9.53 Å². The zero-order valence-corrected chi connectivity index (χ0v) is 9.12. The van der Waals surface area contributed by atoms with Crippen LogP contribution in [0.1, 0.15) is 12.5 Å². The Morgan fingerprint density at radius 2 is 1.94 bits per heavy atom. The fourth-order valence-corrected chi connectivity index (χ4v) is 1.26. The van der Waals surface area contributed by atoms with E-state index in [1.54, 1.807) is 6.07 Å². The SMILES string of the molecule is CCOC(=O)C(F)(F)C(=CF)c1ccccc1. The Morgan fingerprint density at radius 3 is 2.41 bits per heavy atom. The Hall–Kier alpha value is -1.78. The first-order chi connectivity index (χ1) is 8.04. The highest BCUT2D eigenvalue weighted by atomic mass is 19.3. The Bertz CT molecular complexity index is 413. The van der Waals surface area contributed by atoms with Crippen LogP contribution in [0.2, 0.25) is 0 Å². The number of rotatable bonds is 4. The van der Waals surface area contributed by atoms with Gasteiger partial charge in [-0.3, -0.25) is 0 Å². The number of alkyl halides is 2. The van der Waals surface area contributed by atoms with Crippen molar-refractivity contribution < 1.29 is 22.7 Å². The molecule has 0 heterocycles. The first-order valence-corrected chi connectivity index (χ1v) is 4.95. The summed E-state index contributed by atoms with van der Waals surface area (Å²) in [5, 5.41) is 0. The maximum Gasteiger partial charge on any atom is 0.382 e. The second-order valence-corrected chi connectivity index (χ2v) is 3.18. The highest BCUT2D eigenvalue weighted by molar-refractivity contribution is 5.94. The number of hydrogen-bond acceptors (Lipinski definition) is 2. The third-order valence-electron chi connectivity index (χ3n) is 2.06. The van der Waals surface area contributed by atoms with Crippen molar-refractivity contribution in [3.8, 4) is 0 Å². The largest absolute Gasteiger partial charge is 0.461 e. The first-order valence-electron chi connectivity index (χ1n) is 4.95. The molecule has 0 fully saturated rings. The van der Waals surface area contributed by atoms with E-state index < -0.39 is 17.5 Å². The molecule has 0 unspecified atom stereocenters. The van der Waals surface area contributed by atoms with Crippen LogP contribution < -0.4 is 0 Å². The van der Waals surface area contributed by atoms with Crippen molar-refractivity contribution in [2.75, 3.05) is 6.61 Å². The minimum atomic E-state index is -3.99.